The van der Waals surface area contributed by atoms with E-state index >= 15 is 0 Å². The largest absolute Gasteiger partial charge is 0.450 e. The molecule has 2 fully saturated rings. The van der Waals surface area contributed by atoms with Crippen molar-refractivity contribution in [3.05, 3.63) is 0 Å². The van der Waals surface area contributed by atoms with E-state index in [0.717, 1.165) is 24.2 Å². The molecular weight excluding hydrogens is 290 g/mol. The van der Waals surface area contributed by atoms with E-state index in [0.29, 0.717) is 6.42 Å². The minimum Gasteiger partial charge on any atom is -0.450 e. The predicted molar refractivity (Wildman–Crippen MR) is 75.8 cm³/mol. The van der Waals surface area contributed by atoms with Gasteiger partial charge in [0.1, 0.15) is 12.1 Å². The van der Waals surface area contributed by atoms with Gasteiger partial charge in [0.05, 0.1) is 6.61 Å². The van der Waals surface area contributed by atoms with E-state index in [1.165, 1.54) is 0 Å². The highest BCUT2D eigenvalue weighted by Gasteiger charge is 2.55. The van der Waals surface area contributed by atoms with Crippen molar-refractivity contribution in [3.63, 3.8) is 0 Å². The number of nitrogens with one attached hydrogen (secondary N) is 2. The van der Waals surface area contributed by atoms with Crippen molar-refractivity contribution in [2.75, 3.05) is 13.2 Å². The molecule has 2 N–H and O–H groups in total. The Hall–Kier alpha value is -2.12. The van der Waals surface area contributed by atoms with Gasteiger partial charge in [0.2, 0.25) is 5.91 Å². The number of hydrogen-bond acceptors (Lipinski definition) is 5. The molecule has 2 unspecified atom stereocenters. The number of urea groups is 1. The Labute approximate surface area is 128 Å². The molecule has 8 heteroatoms. The zero-order valence-corrected chi connectivity index (χ0v) is 12.8. The molecule has 1 aliphatic heterocycles. The van der Waals surface area contributed by atoms with Gasteiger partial charge >= 0.3 is 12.1 Å². The third-order valence-corrected chi connectivity index (χ3v) is 4.32. The van der Waals surface area contributed by atoms with Crippen LogP contribution in [0.25, 0.3) is 0 Å². The lowest BCUT2D eigenvalue weighted by Gasteiger charge is -2.36. The van der Waals surface area contributed by atoms with Gasteiger partial charge in [-0.3, -0.25) is 19.8 Å². The lowest BCUT2D eigenvalue weighted by molar-refractivity contribution is -0.137. The molecule has 5 amide bonds. The van der Waals surface area contributed by atoms with Crippen LogP contribution in [-0.2, 0) is 14.3 Å². The van der Waals surface area contributed by atoms with Crippen LogP contribution in [0.15, 0.2) is 0 Å². The second kappa shape index (κ2) is 6.33. The summed E-state index contributed by atoms with van der Waals surface area (Å²) in [5.74, 6) is -1.11. The number of alkyl carbamates (subject to hydrolysis) is 1. The van der Waals surface area contributed by atoms with Crippen LogP contribution in [0, 0.1) is 5.92 Å². The molecule has 22 heavy (non-hydrogen) atoms. The van der Waals surface area contributed by atoms with Gasteiger partial charge in [-0.2, -0.15) is 0 Å². The van der Waals surface area contributed by atoms with E-state index in [1.54, 1.807) is 6.92 Å². The fourth-order valence-electron chi connectivity index (χ4n) is 3.10. The summed E-state index contributed by atoms with van der Waals surface area (Å²) in [6.07, 6.45) is 2.43. The van der Waals surface area contributed by atoms with Gasteiger partial charge < -0.3 is 10.1 Å². The molecule has 1 aliphatic carbocycles. The topological polar surface area (TPSA) is 105 Å². The third-order valence-electron chi connectivity index (χ3n) is 4.32. The predicted octanol–water partition coefficient (Wildman–Crippen LogP) is 0.760. The fourth-order valence-corrected chi connectivity index (χ4v) is 3.10. The standard InChI is InChI=1S/C14H21N3O5/c1-3-22-13(21)15-10(18)8-17-11(19)14(16-12(17)20)7-5-4-6-9(14)2/h9H,3-8H2,1-2H3,(H,16,20)(H,15,18,21). The second-order valence-corrected chi connectivity index (χ2v) is 5.71. The molecule has 8 nitrogen and oxygen atoms in total. The molecule has 0 aromatic rings. The minimum absolute atomic E-state index is 0.0239. The lowest BCUT2D eigenvalue weighted by atomic mass is 9.73. The van der Waals surface area contributed by atoms with E-state index in [1.807, 2.05) is 12.2 Å². The Bertz CT molecular complexity index is 507. The number of rotatable bonds is 3. The summed E-state index contributed by atoms with van der Waals surface area (Å²) < 4.78 is 4.58. The van der Waals surface area contributed by atoms with Crippen LogP contribution in [0.4, 0.5) is 9.59 Å². The lowest BCUT2D eigenvalue weighted by Crippen LogP contribution is -2.54. The van der Waals surface area contributed by atoms with Crippen LogP contribution in [0.3, 0.4) is 0 Å². The number of nitrogens with zero attached hydrogens (tertiary/aromatic N) is 1. The van der Waals surface area contributed by atoms with Crippen LogP contribution in [0.2, 0.25) is 0 Å². The Morgan fingerprint density at radius 1 is 1.41 bits per heavy atom. The molecule has 2 aliphatic rings. The SMILES string of the molecule is CCOC(=O)NC(=O)CN1C(=O)NC2(CCCCC2C)C1=O. The third kappa shape index (κ3) is 2.90. The summed E-state index contributed by atoms with van der Waals surface area (Å²) in [6, 6.07) is -0.585. The summed E-state index contributed by atoms with van der Waals surface area (Å²) in [5.41, 5.74) is -0.903. The molecule has 122 valence electrons. The van der Waals surface area contributed by atoms with Gasteiger partial charge in [0.25, 0.3) is 5.91 Å². The molecule has 1 saturated heterocycles. The molecule has 2 rings (SSSR count). The highest BCUT2D eigenvalue weighted by atomic mass is 16.5. The number of carbonyl (C=O) groups excluding carboxylic acids is 4. The normalized spacial score (nSPS) is 27.7. The number of imide groups is 2. The van der Waals surface area contributed by atoms with E-state index in [9.17, 15) is 19.2 Å². The maximum absolute atomic E-state index is 12.6. The maximum atomic E-state index is 12.6. The molecular formula is C14H21N3O5. The van der Waals surface area contributed by atoms with E-state index in [2.05, 4.69) is 10.1 Å². The van der Waals surface area contributed by atoms with Crippen molar-refractivity contribution in [3.8, 4) is 0 Å². The summed E-state index contributed by atoms with van der Waals surface area (Å²) >= 11 is 0. The molecule has 0 bridgehead atoms. The molecule has 1 saturated carbocycles. The molecule has 2 atom stereocenters. The van der Waals surface area contributed by atoms with Crippen LogP contribution in [-0.4, -0.2) is 47.5 Å². The van der Waals surface area contributed by atoms with Gasteiger partial charge in [-0.25, -0.2) is 9.59 Å². The fraction of sp³-hybridized carbons (Fsp3) is 0.714. The monoisotopic (exact) mass is 311 g/mol. The highest BCUT2D eigenvalue weighted by Crippen LogP contribution is 2.38. The smallest absolute Gasteiger partial charge is 0.413 e. The first-order chi connectivity index (χ1) is 10.4. The summed E-state index contributed by atoms with van der Waals surface area (Å²) in [4.78, 5) is 48.4. The molecule has 1 heterocycles. The summed E-state index contributed by atoms with van der Waals surface area (Å²) in [6.45, 7) is 3.18. The molecule has 0 aromatic carbocycles. The van der Waals surface area contributed by atoms with E-state index in [-0.39, 0.29) is 18.4 Å². The van der Waals surface area contributed by atoms with Gasteiger partial charge in [-0.1, -0.05) is 19.8 Å². The first-order valence-corrected chi connectivity index (χ1v) is 7.51. The maximum Gasteiger partial charge on any atom is 0.413 e. The van der Waals surface area contributed by atoms with Crippen molar-refractivity contribution < 1.29 is 23.9 Å². The summed E-state index contributed by atoms with van der Waals surface area (Å²) in [5, 5.41) is 4.72. The van der Waals surface area contributed by atoms with Gasteiger partial charge in [0, 0.05) is 0 Å². The zero-order chi connectivity index (χ0) is 16.3. The number of hydrogen-bond donors (Lipinski definition) is 2. The Balaban J connectivity index is 2.03. The quantitative estimate of drug-likeness (QED) is 0.749. The van der Waals surface area contributed by atoms with Crippen molar-refractivity contribution in [2.45, 2.75) is 45.1 Å². The van der Waals surface area contributed by atoms with E-state index < -0.39 is 30.1 Å². The van der Waals surface area contributed by atoms with Crippen molar-refractivity contribution in [1.82, 2.24) is 15.5 Å². The minimum atomic E-state index is -0.903. The van der Waals surface area contributed by atoms with Crippen LogP contribution >= 0.6 is 0 Å². The second-order valence-electron chi connectivity index (χ2n) is 5.71. The summed E-state index contributed by atoms with van der Waals surface area (Å²) in [7, 11) is 0. The van der Waals surface area contributed by atoms with Crippen molar-refractivity contribution in [1.29, 1.82) is 0 Å². The van der Waals surface area contributed by atoms with Crippen LogP contribution in [0.1, 0.15) is 39.5 Å². The Morgan fingerprint density at radius 2 is 2.14 bits per heavy atom. The number of amides is 5. The van der Waals surface area contributed by atoms with Crippen molar-refractivity contribution in [2.24, 2.45) is 5.92 Å². The molecule has 1 spiro atoms. The highest BCUT2D eigenvalue weighted by molar-refractivity contribution is 6.10. The van der Waals surface area contributed by atoms with Gasteiger partial charge in [-0.05, 0) is 25.7 Å². The van der Waals surface area contributed by atoms with Gasteiger partial charge in [-0.15, -0.1) is 0 Å². The Morgan fingerprint density at radius 3 is 2.77 bits per heavy atom. The van der Waals surface area contributed by atoms with E-state index in [4.69, 9.17) is 0 Å². The first kappa shape index (κ1) is 16.3. The molecule has 0 radical (unpaired) electrons. The first-order valence-electron chi connectivity index (χ1n) is 7.51. The number of carbonyl (C=O) groups is 4. The average molecular weight is 311 g/mol. The van der Waals surface area contributed by atoms with Crippen LogP contribution in [0.5, 0.6) is 0 Å². The zero-order valence-electron chi connectivity index (χ0n) is 12.8. The number of ether oxygens (including phenoxy) is 1. The average Bonchev–Trinajstić information content (AvgIpc) is 2.68. The Kier molecular flexibility index (Phi) is 4.68. The van der Waals surface area contributed by atoms with Crippen LogP contribution < -0.4 is 10.6 Å². The molecule has 0 aromatic heterocycles. The van der Waals surface area contributed by atoms with Crippen molar-refractivity contribution >= 4 is 23.9 Å². The van der Waals surface area contributed by atoms with Gasteiger partial charge in [0.15, 0.2) is 0 Å².